The van der Waals surface area contributed by atoms with Gasteiger partial charge in [0.2, 0.25) is 0 Å². The van der Waals surface area contributed by atoms with Gasteiger partial charge in [-0.2, -0.15) is 0 Å². The molecule has 0 radical (unpaired) electrons. The summed E-state index contributed by atoms with van der Waals surface area (Å²) in [4.78, 5) is 0. The van der Waals surface area contributed by atoms with Gasteiger partial charge in [0.15, 0.2) is 0 Å². The number of hydrogen-bond donors (Lipinski definition) is 0. The van der Waals surface area contributed by atoms with E-state index in [2.05, 4.69) is 182 Å². The molecular formula is C50H30. The molecule has 0 saturated carbocycles. The molecule has 0 nitrogen and oxygen atoms in total. The summed E-state index contributed by atoms with van der Waals surface area (Å²) in [6.45, 7) is 0. The molecular weight excluding hydrogens is 601 g/mol. The minimum absolute atomic E-state index is 1.22. The van der Waals surface area contributed by atoms with Crippen LogP contribution in [0.15, 0.2) is 182 Å². The van der Waals surface area contributed by atoms with Crippen molar-refractivity contribution in [3.8, 4) is 44.5 Å². The molecule has 0 aliphatic heterocycles. The highest BCUT2D eigenvalue weighted by Gasteiger charge is 2.19. The molecule has 0 heterocycles. The molecule has 11 aromatic carbocycles. The summed E-state index contributed by atoms with van der Waals surface area (Å²) in [5, 5.41) is 15.7. The lowest BCUT2D eigenvalue weighted by Gasteiger charge is -2.19. The maximum atomic E-state index is 2.43. The van der Waals surface area contributed by atoms with Crippen molar-refractivity contribution >= 4 is 64.6 Å². The van der Waals surface area contributed by atoms with Gasteiger partial charge in [-0.25, -0.2) is 0 Å². The lowest BCUT2D eigenvalue weighted by Crippen LogP contribution is -1.93. The quantitative estimate of drug-likeness (QED) is 0.170. The zero-order chi connectivity index (χ0) is 32.8. The van der Waals surface area contributed by atoms with Crippen LogP contribution in [0, 0.1) is 0 Å². The molecule has 0 heteroatoms. The van der Waals surface area contributed by atoms with Gasteiger partial charge < -0.3 is 0 Å². The Labute approximate surface area is 290 Å². The standard InChI is InChI=1S/C50H30/c1-2-8-31(9-3-1)39-26-24-38(40-25-20-36-18-16-32-10-6-12-34-22-28-44(40)49(36)47(32)34)30-46(39)42-15-5-4-14-41(42)43-27-21-37-19-17-33-11-7-13-35-23-29-45(43)50(37)48(33)35/h1-30H. The average Bonchev–Trinajstić information content (AvgIpc) is 3.19. The van der Waals surface area contributed by atoms with Crippen molar-refractivity contribution in [1.29, 1.82) is 0 Å². The zero-order valence-corrected chi connectivity index (χ0v) is 27.3. The molecule has 0 aliphatic carbocycles. The first kappa shape index (κ1) is 27.5. The molecule has 0 unspecified atom stereocenters. The van der Waals surface area contributed by atoms with Crippen molar-refractivity contribution in [2.24, 2.45) is 0 Å². The van der Waals surface area contributed by atoms with Gasteiger partial charge in [-0.15, -0.1) is 0 Å². The SMILES string of the molecule is c1ccc(-c2ccc(-c3ccc4ccc5cccc6ccc3c4c56)cc2-c2ccccc2-c2ccc3ccc4cccc5ccc2c3c45)cc1. The highest BCUT2D eigenvalue weighted by molar-refractivity contribution is 6.27. The van der Waals surface area contributed by atoms with Crippen LogP contribution < -0.4 is 0 Å². The van der Waals surface area contributed by atoms with Gasteiger partial charge >= 0.3 is 0 Å². The molecule has 0 fully saturated rings. The van der Waals surface area contributed by atoms with E-state index >= 15 is 0 Å². The topological polar surface area (TPSA) is 0 Å². The average molecular weight is 631 g/mol. The molecule has 0 amide bonds. The van der Waals surface area contributed by atoms with Crippen LogP contribution in [0.25, 0.3) is 109 Å². The molecule has 230 valence electrons. The van der Waals surface area contributed by atoms with Gasteiger partial charge in [0, 0.05) is 0 Å². The summed E-state index contributed by atoms with van der Waals surface area (Å²) in [5.74, 6) is 0. The van der Waals surface area contributed by atoms with Crippen molar-refractivity contribution in [1.82, 2.24) is 0 Å². The van der Waals surface area contributed by atoms with Crippen LogP contribution in [-0.2, 0) is 0 Å². The van der Waals surface area contributed by atoms with Gasteiger partial charge in [-0.3, -0.25) is 0 Å². The predicted molar refractivity (Wildman–Crippen MR) is 216 cm³/mol. The Balaban J connectivity index is 1.19. The summed E-state index contributed by atoms with van der Waals surface area (Å²) in [7, 11) is 0. The Kier molecular flexibility index (Phi) is 5.76. The fourth-order valence-corrected chi connectivity index (χ4v) is 8.71. The monoisotopic (exact) mass is 630 g/mol. The van der Waals surface area contributed by atoms with Crippen LogP contribution >= 0.6 is 0 Å². The van der Waals surface area contributed by atoms with Gasteiger partial charge in [-0.1, -0.05) is 176 Å². The number of hydrogen-bond acceptors (Lipinski definition) is 0. The molecule has 0 saturated heterocycles. The minimum atomic E-state index is 1.22. The molecule has 0 aliphatic rings. The van der Waals surface area contributed by atoms with E-state index in [9.17, 15) is 0 Å². The molecule has 0 atom stereocenters. The summed E-state index contributed by atoms with van der Waals surface area (Å²) in [5.41, 5.74) is 9.92. The molecule has 0 N–H and O–H groups in total. The molecule has 0 aromatic heterocycles. The van der Waals surface area contributed by atoms with Crippen LogP contribution in [0.1, 0.15) is 0 Å². The second-order valence-corrected chi connectivity index (χ2v) is 13.6. The van der Waals surface area contributed by atoms with E-state index in [4.69, 9.17) is 0 Å². The Morgan fingerprint density at radius 2 is 0.640 bits per heavy atom. The van der Waals surface area contributed by atoms with E-state index in [1.807, 2.05) is 0 Å². The Hall–Kier alpha value is -6.50. The fraction of sp³-hybridized carbons (Fsp3) is 0. The lowest BCUT2D eigenvalue weighted by molar-refractivity contribution is 1.57. The smallest absolute Gasteiger partial charge is 0.00206 e. The van der Waals surface area contributed by atoms with Crippen LogP contribution in [0.3, 0.4) is 0 Å². The first-order valence-corrected chi connectivity index (χ1v) is 17.4. The normalized spacial score (nSPS) is 12.0. The third-order valence-electron chi connectivity index (χ3n) is 11.0. The maximum absolute atomic E-state index is 2.43. The molecule has 0 spiro atoms. The van der Waals surface area contributed by atoms with Crippen LogP contribution in [0.5, 0.6) is 0 Å². The second kappa shape index (κ2) is 10.5. The van der Waals surface area contributed by atoms with Crippen molar-refractivity contribution in [3.05, 3.63) is 182 Å². The third-order valence-corrected chi connectivity index (χ3v) is 11.0. The van der Waals surface area contributed by atoms with Gasteiger partial charge in [0.1, 0.15) is 0 Å². The Morgan fingerprint density at radius 3 is 1.24 bits per heavy atom. The van der Waals surface area contributed by atoms with Gasteiger partial charge in [-0.05, 0) is 115 Å². The summed E-state index contributed by atoms with van der Waals surface area (Å²) in [6.07, 6.45) is 0. The Morgan fingerprint density at radius 1 is 0.200 bits per heavy atom. The van der Waals surface area contributed by atoms with Gasteiger partial charge in [0.25, 0.3) is 0 Å². The highest BCUT2D eigenvalue weighted by atomic mass is 14.2. The summed E-state index contributed by atoms with van der Waals surface area (Å²) < 4.78 is 0. The van der Waals surface area contributed by atoms with E-state index in [1.165, 1.54) is 109 Å². The van der Waals surface area contributed by atoms with Crippen LogP contribution in [-0.4, -0.2) is 0 Å². The van der Waals surface area contributed by atoms with Crippen molar-refractivity contribution in [3.63, 3.8) is 0 Å². The number of rotatable bonds is 4. The van der Waals surface area contributed by atoms with Crippen molar-refractivity contribution < 1.29 is 0 Å². The largest absolute Gasteiger partial charge is 0.0622 e. The number of benzene rings is 11. The van der Waals surface area contributed by atoms with E-state index in [1.54, 1.807) is 0 Å². The van der Waals surface area contributed by atoms with E-state index < -0.39 is 0 Å². The van der Waals surface area contributed by atoms with E-state index in [-0.39, 0.29) is 0 Å². The molecule has 50 heavy (non-hydrogen) atoms. The van der Waals surface area contributed by atoms with E-state index in [0.29, 0.717) is 0 Å². The lowest BCUT2D eigenvalue weighted by atomic mass is 9.84. The summed E-state index contributed by atoms with van der Waals surface area (Å²) in [6, 6.07) is 67.7. The molecule has 11 rings (SSSR count). The molecule has 11 aromatic rings. The van der Waals surface area contributed by atoms with Gasteiger partial charge in [0.05, 0.1) is 0 Å². The van der Waals surface area contributed by atoms with Crippen LogP contribution in [0.4, 0.5) is 0 Å². The maximum Gasteiger partial charge on any atom is -0.00206 e. The first-order valence-electron chi connectivity index (χ1n) is 17.4. The van der Waals surface area contributed by atoms with Crippen molar-refractivity contribution in [2.75, 3.05) is 0 Å². The van der Waals surface area contributed by atoms with Crippen molar-refractivity contribution in [2.45, 2.75) is 0 Å². The van der Waals surface area contributed by atoms with Crippen LogP contribution in [0.2, 0.25) is 0 Å². The first-order chi connectivity index (χ1) is 24.8. The fourth-order valence-electron chi connectivity index (χ4n) is 8.71. The minimum Gasteiger partial charge on any atom is -0.0622 e. The summed E-state index contributed by atoms with van der Waals surface area (Å²) >= 11 is 0. The zero-order valence-electron chi connectivity index (χ0n) is 27.3. The second-order valence-electron chi connectivity index (χ2n) is 13.6. The van der Waals surface area contributed by atoms with E-state index in [0.717, 1.165) is 0 Å². The predicted octanol–water partition coefficient (Wildman–Crippen LogP) is 14.1. The molecule has 0 bridgehead atoms. The highest BCUT2D eigenvalue weighted by Crippen LogP contribution is 2.46. The Bertz CT molecular complexity index is 3040. The third kappa shape index (κ3) is 3.94.